The molecule has 0 spiro atoms. The second-order valence-corrected chi connectivity index (χ2v) is 7.85. The number of carbonyl (C=O) groups excluding carboxylic acids is 1. The summed E-state index contributed by atoms with van der Waals surface area (Å²) in [6.07, 6.45) is 2.18. The normalized spacial score (nSPS) is 27.0. The van der Waals surface area contributed by atoms with Gasteiger partial charge in [0.1, 0.15) is 5.69 Å². The first kappa shape index (κ1) is 16.9. The molecule has 2 saturated heterocycles. The summed E-state index contributed by atoms with van der Waals surface area (Å²) in [5.41, 5.74) is 0.522. The molecular formula is C18H24N2O4. The van der Waals surface area contributed by atoms with Crippen molar-refractivity contribution in [2.24, 2.45) is 11.3 Å². The van der Waals surface area contributed by atoms with Crippen LogP contribution in [0.3, 0.4) is 0 Å². The highest BCUT2D eigenvalue weighted by Crippen LogP contribution is 2.42. The smallest absolute Gasteiger partial charge is 0.311 e. The number of nitrogens with zero attached hydrogens (tertiary/aromatic N) is 2. The van der Waals surface area contributed by atoms with Crippen LogP contribution in [0.25, 0.3) is 0 Å². The highest BCUT2D eigenvalue weighted by molar-refractivity contribution is 5.93. The van der Waals surface area contributed by atoms with E-state index in [9.17, 15) is 14.7 Å². The van der Waals surface area contributed by atoms with Crippen LogP contribution in [0.1, 0.15) is 43.2 Å². The fraction of sp³-hybridized carbons (Fsp3) is 0.611. The standard InChI is InChI=1S/C18H24N2O4/c1-17(2,3)12-4-5-14(19-8-12)15(21)20-9-13-10-24-7-6-18(13,11-20)16(22)23/h4-5,8,13H,6-7,9-11H2,1-3H3,(H,22,23)/t13-,18+/m0/s1. The van der Waals surface area contributed by atoms with Crippen LogP contribution in [0.4, 0.5) is 0 Å². The van der Waals surface area contributed by atoms with Gasteiger partial charge in [0.2, 0.25) is 0 Å². The first-order chi connectivity index (χ1) is 11.2. The summed E-state index contributed by atoms with van der Waals surface area (Å²) in [7, 11) is 0. The van der Waals surface area contributed by atoms with Gasteiger partial charge in [-0.2, -0.15) is 0 Å². The van der Waals surface area contributed by atoms with E-state index in [4.69, 9.17) is 4.74 Å². The zero-order valence-electron chi connectivity index (χ0n) is 14.4. The van der Waals surface area contributed by atoms with Crippen molar-refractivity contribution in [3.05, 3.63) is 29.6 Å². The Labute approximate surface area is 141 Å². The van der Waals surface area contributed by atoms with Gasteiger partial charge in [-0.15, -0.1) is 0 Å². The van der Waals surface area contributed by atoms with Gasteiger partial charge in [-0.3, -0.25) is 14.6 Å². The second kappa shape index (κ2) is 5.84. The van der Waals surface area contributed by atoms with Gasteiger partial charge in [-0.25, -0.2) is 0 Å². The maximum absolute atomic E-state index is 12.7. The van der Waals surface area contributed by atoms with Crippen molar-refractivity contribution in [3.63, 3.8) is 0 Å². The first-order valence-corrected chi connectivity index (χ1v) is 8.31. The molecule has 0 saturated carbocycles. The largest absolute Gasteiger partial charge is 0.481 e. The Bertz CT molecular complexity index is 650. The number of likely N-dealkylation sites (tertiary alicyclic amines) is 1. The zero-order chi connectivity index (χ0) is 17.5. The Morgan fingerprint density at radius 1 is 1.38 bits per heavy atom. The summed E-state index contributed by atoms with van der Waals surface area (Å²) in [5.74, 6) is -1.19. The maximum atomic E-state index is 12.7. The van der Waals surface area contributed by atoms with Gasteiger partial charge in [0, 0.05) is 31.8 Å². The molecule has 2 aliphatic heterocycles. The van der Waals surface area contributed by atoms with Crippen molar-refractivity contribution in [2.45, 2.75) is 32.6 Å². The molecule has 1 amide bonds. The lowest BCUT2D eigenvalue weighted by molar-refractivity contribution is -0.157. The molecule has 3 heterocycles. The van der Waals surface area contributed by atoms with E-state index < -0.39 is 11.4 Å². The fourth-order valence-corrected chi connectivity index (χ4v) is 3.58. The summed E-state index contributed by atoms with van der Waals surface area (Å²) >= 11 is 0. The van der Waals surface area contributed by atoms with Crippen molar-refractivity contribution in [3.8, 4) is 0 Å². The number of aromatic nitrogens is 1. The number of pyridine rings is 1. The van der Waals surface area contributed by atoms with Crippen LogP contribution in [0.15, 0.2) is 18.3 Å². The molecule has 2 aliphatic rings. The molecule has 1 aromatic rings. The molecule has 130 valence electrons. The Morgan fingerprint density at radius 2 is 2.12 bits per heavy atom. The number of hydrogen-bond acceptors (Lipinski definition) is 4. The van der Waals surface area contributed by atoms with Gasteiger partial charge in [-0.05, 0) is 23.5 Å². The van der Waals surface area contributed by atoms with Crippen LogP contribution >= 0.6 is 0 Å². The number of carboxylic acid groups (broad SMARTS) is 1. The average Bonchev–Trinajstić information content (AvgIpc) is 2.94. The number of ether oxygens (including phenoxy) is 1. The molecule has 6 nitrogen and oxygen atoms in total. The van der Waals surface area contributed by atoms with Crippen LogP contribution in [0.5, 0.6) is 0 Å². The lowest BCUT2D eigenvalue weighted by Gasteiger charge is -2.33. The monoisotopic (exact) mass is 332 g/mol. The lowest BCUT2D eigenvalue weighted by Crippen LogP contribution is -2.45. The predicted octanol–water partition coefficient (Wildman–Crippen LogP) is 1.94. The highest BCUT2D eigenvalue weighted by Gasteiger charge is 2.55. The Kier molecular flexibility index (Phi) is 4.11. The summed E-state index contributed by atoms with van der Waals surface area (Å²) in [4.78, 5) is 30.5. The van der Waals surface area contributed by atoms with Crippen molar-refractivity contribution in [1.82, 2.24) is 9.88 Å². The summed E-state index contributed by atoms with van der Waals surface area (Å²) in [6, 6.07) is 3.65. The summed E-state index contributed by atoms with van der Waals surface area (Å²) in [6.45, 7) is 7.75. The number of hydrogen-bond donors (Lipinski definition) is 1. The van der Waals surface area contributed by atoms with Crippen LogP contribution < -0.4 is 0 Å². The second-order valence-electron chi connectivity index (χ2n) is 7.85. The number of carbonyl (C=O) groups is 2. The summed E-state index contributed by atoms with van der Waals surface area (Å²) in [5, 5.41) is 9.69. The summed E-state index contributed by atoms with van der Waals surface area (Å²) < 4.78 is 5.43. The van der Waals surface area contributed by atoms with E-state index in [0.29, 0.717) is 31.9 Å². The molecule has 0 aliphatic carbocycles. The molecule has 0 unspecified atom stereocenters. The van der Waals surface area contributed by atoms with E-state index in [1.807, 2.05) is 6.07 Å². The van der Waals surface area contributed by atoms with Gasteiger partial charge in [-0.1, -0.05) is 26.8 Å². The number of rotatable bonds is 2. The average molecular weight is 332 g/mol. The minimum Gasteiger partial charge on any atom is -0.481 e. The van der Waals surface area contributed by atoms with Gasteiger partial charge >= 0.3 is 5.97 Å². The fourth-order valence-electron chi connectivity index (χ4n) is 3.58. The Balaban J connectivity index is 1.80. The maximum Gasteiger partial charge on any atom is 0.311 e. The van der Waals surface area contributed by atoms with Crippen molar-refractivity contribution >= 4 is 11.9 Å². The highest BCUT2D eigenvalue weighted by atomic mass is 16.5. The quantitative estimate of drug-likeness (QED) is 0.895. The molecule has 0 radical (unpaired) electrons. The van der Waals surface area contributed by atoms with Crippen molar-refractivity contribution < 1.29 is 19.4 Å². The minimum atomic E-state index is -0.876. The molecule has 2 atom stereocenters. The van der Waals surface area contributed by atoms with Gasteiger partial charge in [0.15, 0.2) is 0 Å². The third-order valence-electron chi connectivity index (χ3n) is 5.27. The van der Waals surface area contributed by atoms with E-state index in [-0.39, 0.29) is 23.8 Å². The van der Waals surface area contributed by atoms with Crippen molar-refractivity contribution in [1.29, 1.82) is 0 Å². The van der Waals surface area contributed by atoms with Gasteiger partial charge < -0.3 is 14.7 Å². The van der Waals surface area contributed by atoms with Crippen LogP contribution in [-0.4, -0.2) is 53.2 Å². The molecule has 1 aromatic heterocycles. The molecule has 6 heteroatoms. The van der Waals surface area contributed by atoms with Crippen LogP contribution in [0.2, 0.25) is 0 Å². The molecular weight excluding hydrogens is 308 g/mol. The number of aliphatic carboxylic acids is 1. The molecule has 2 fully saturated rings. The third kappa shape index (κ3) is 2.79. The minimum absolute atomic E-state index is 0.0259. The van der Waals surface area contributed by atoms with Crippen LogP contribution in [0, 0.1) is 11.3 Å². The lowest BCUT2D eigenvalue weighted by atomic mass is 9.74. The molecule has 1 N–H and O–H groups in total. The number of amides is 1. The van der Waals surface area contributed by atoms with Crippen LogP contribution in [-0.2, 0) is 14.9 Å². The van der Waals surface area contributed by atoms with Crippen molar-refractivity contribution in [2.75, 3.05) is 26.3 Å². The molecule has 0 bridgehead atoms. The number of carboxylic acids is 1. The van der Waals surface area contributed by atoms with Gasteiger partial charge in [0.25, 0.3) is 5.91 Å². The molecule has 24 heavy (non-hydrogen) atoms. The predicted molar refractivity (Wildman–Crippen MR) is 87.8 cm³/mol. The van der Waals surface area contributed by atoms with E-state index in [1.165, 1.54) is 0 Å². The number of fused-ring (bicyclic) bond motifs is 1. The van der Waals surface area contributed by atoms with E-state index in [0.717, 1.165) is 5.56 Å². The van der Waals surface area contributed by atoms with E-state index in [2.05, 4.69) is 25.8 Å². The van der Waals surface area contributed by atoms with Gasteiger partial charge in [0.05, 0.1) is 12.0 Å². The van der Waals surface area contributed by atoms with E-state index >= 15 is 0 Å². The first-order valence-electron chi connectivity index (χ1n) is 8.31. The Morgan fingerprint density at radius 3 is 2.67 bits per heavy atom. The topological polar surface area (TPSA) is 79.7 Å². The van der Waals surface area contributed by atoms with E-state index in [1.54, 1.807) is 17.2 Å². The third-order valence-corrected chi connectivity index (χ3v) is 5.27. The molecule has 3 rings (SSSR count). The molecule has 0 aromatic carbocycles. The SMILES string of the molecule is CC(C)(C)c1ccc(C(=O)N2C[C@H]3COCC[C@@]3(C(=O)O)C2)nc1. The Hall–Kier alpha value is -1.95. The zero-order valence-corrected chi connectivity index (χ0v) is 14.4.